The molecule has 0 spiro atoms. The normalized spacial score (nSPS) is 12.3. The zero-order valence-corrected chi connectivity index (χ0v) is 13.2. The number of aryl methyl sites for hydroxylation is 2. The van der Waals surface area contributed by atoms with Crippen LogP contribution in [0.2, 0.25) is 0 Å². The minimum absolute atomic E-state index is 0.0374. The Labute approximate surface area is 133 Å². The van der Waals surface area contributed by atoms with Crippen LogP contribution < -0.4 is 4.74 Å². The van der Waals surface area contributed by atoms with Gasteiger partial charge in [-0.25, -0.2) is 4.98 Å². The van der Waals surface area contributed by atoms with E-state index in [4.69, 9.17) is 4.74 Å². The number of nitrogens with zero attached hydrogens (tertiary/aromatic N) is 2. The van der Waals surface area contributed by atoms with Crippen molar-refractivity contribution < 1.29 is 9.66 Å². The molecule has 0 saturated heterocycles. The third kappa shape index (κ3) is 3.01. The lowest BCUT2D eigenvalue weighted by molar-refractivity contribution is -0.384. The summed E-state index contributed by atoms with van der Waals surface area (Å²) in [7, 11) is 0. The van der Waals surface area contributed by atoms with Crippen LogP contribution in [0.4, 0.5) is 5.69 Å². The van der Waals surface area contributed by atoms with E-state index in [1.54, 1.807) is 6.07 Å². The third-order valence-electron chi connectivity index (χ3n) is 3.87. The largest absolute Gasteiger partial charge is 0.483 e. The molecule has 1 unspecified atom stereocenters. The van der Waals surface area contributed by atoms with E-state index in [1.165, 1.54) is 17.7 Å². The highest BCUT2D eigenvalue weighted by Gasteiger charge is 2.15. The molecule has 3 rings (SSSR count). The van der Waals surface area contributed by atoms with Crippen molar-refractivity contribution in [1.29, 1.82) is 0 Å². The van der Waals surface area contributed by atoms with Crippen molar-refractivity contribution in [3.63, 3.8) is 0 Å². The molecule has 0 aliphatic heterocycles. The Kier molecular flexibility index (Phi) is 3.73. The van der Waals surface area contributed by atoms with Crippen molar-refractivity contribution in [3.8, 4) is 5.75 Å². The van der Waals surface area contributed by atoms with E-state index in [2.05, 4.69) is 16.9 Å². The number of aromatic amines is 1. The molecule has 0 bridgehead atoms. The van der Waals surface area contributed by atoms with Crippen molar-refractivity contribution in [1.82, 2.24) is 9.97 Å². The fourth-order valence-corrected chi connectivity index (χ4v) is 2.37. The van der Waals surface area contributed by atoms with E-state index in [1.807, 2.05) is 32.0 Å². The highest BCUT2D eigenvalue weighted by atomic mass is 16.6. The summed E-state index contributed by atoms with van der Waals surface area (Å²) < 4.78 is 5.92. The summed E-state index contributed by atoms with van der Waals surface area (Å²) in [6, 6.07) is 10.5. The molecule has 6 nitrogen and oxygen atoms in total. The second-order valence-corrected chi connectivity index (χ2v) is 5.59. The van der Waals surface area contributed by atoms with Gasteiger partial charge >= 0.3 is 0 Å². The minimum Gasteiger partial charge on any atom is -0.483 e. The van der Waals surface area contributed by atoms with Gasteiger partial charge in [0, 0.05) is 12.1 Å². The summed E-state index contributed by atoms with van der Waals surface area (Å²) in [5.41, 5.74) is 3.72. The molecule has 0 saturated carbocycles. The van der Waals surface area contributed by atoms with Crippen LogP contribution >= 0.6 is 0 Å². The number of hydrogen-bond acceptors (Lipinski definition) is 4. The van der Waals surface area contributed by atoms with Gasteiger partial charge in [0.25, 0.3) is 5.69 Å². The molecule has 1 atom stereocenters. The predicted octanol–water partition coefficient (Wildman–Crippen LogP) is 4.23. The van der Waals surface area contributed by atoms with Crippen LogP contribution in [0, 0.1) is 24.0 Å². The number of non-ortho nitro benzene ring substituents is 1. The second-order valence-electron chi connectivity index (χ2n) is 5.59. The molecule has 1 N–H and O–H groups in total. The van der Waals surface area contributed by atoms with Crippen LogP contribution in [0.1, 0.15) is 30.0 Å². The molecule has 0 amide bonds. The van der Waals surface area contributed by atoms with Gasteiger partial charge in [0.05, 0.1) is 16.0 Å². The topological polar surface area (TPSA) is 81.1 Å². The first-order valence-corrected chi connectivity index (χ1v) is 7.32. The van der Waals surface area contributed by atoms with E-state index >= 15 is 0 Å². The molecule has 0 radical (unpaired) electrons. The van der Waals surface area contributed by atoms with Gasteiger partial charge in [-0.3, -0.25) is 10.1 Å². The molecule has 118 valence electrons. The van der Waals surface area contributed by atoms with Crippen molar-refractivity contribution in [2.45, 2.75) is 26.9 Å². The lowest BCUT2D eigenvalue weighted by atomic mass is 10.1. The number of nitro benzene ring substituents is 1. The second kappa shape index (κ2) is 5.72. The molecule has 3 aromatic rings. The van der Waals surface area contributed by atoms with Crippen molar-refractivity contribution in [3.05, 3.63) is 63.5 Å². The lowest BCUT2D eigenvalue weighted by Gasteiger charge is -2.13. The average molecular weight is 311 g/mol. The smallest absolute Gasteiger partial charge is 0.271 e. The highest BCUT2D eigenvalue weighted by molar-refractivity contribution is 5.77. The van der Waals surface area contributed by atoms with Crippen molar-refractivity contribution in [2.75, 3.05) is 0 Å². The minimum atomic E-state index is -0.422. The van der Waals surface area contributed by atoms with Gasteiger partial charge in [0.15, 0.2) is 6.10 Å². The monoisotopic (exact) mass is 311 g/mol. The van der Waals surface area contributed by atoms with E-state index in [0.29, 0.717) is 16.9 Å². The summed E-state index contributed by atoms with van der Waals surface area (Å²) in [5, 5.41) is 10.8. The Morgan fingerprint density at radius 2 is 1.96 bits per heavy atom. The maximum absolute atomic E-state index is 10.8. The number of ether oxygens (including phenoxy) is 1. The van der Waals surface area contributed by atoms with Gasteiger partial charge in [-0.15, -0.1) is 0 Å². The first-order chi connectivity index (χ1) is 10.9. The molecule has 2 aromatic carbocycles. The van der Waals surface area contributed by atoms with E-state index in [9.17, 15) is 10.1 Å². The maximum Gasteiger partial charge on any atom is 0.271 e. The number of rotatable bonds is 4. The van der Waals surface area contributed by atoms with E-state index < -0.39 is 4.92 Å². The van der Waals surface area contributed by atoms with Crippen LogP contribution in [0.5, 0.6) is 5.75 Å². The Morgan fingerprint density at radius 3 is 2.65 bits per heavy atom. The van der Waals surface area contributed by atoms with Crippen LogP contribution in [-0.4, -0.2) is 14.9 Å². The highest BCUT2D eigenvalue weighted by Crippen LogP contribution is 2.25. The average Bonchev–Trinajstić information content (AvgIpc) is 2.94. The maximum atomic E-state index is 10.8. The molecule has 0 aliphatic carbocycles. The number of hydrogen-bond donors (Lipinski definition) is 1. The molecule has 1 aromatic heterocycles. The number of aromatic nitrogens is 2. The van der Waals surface area contributed by atoms with E-state index in [-0.39, 0.29) is 11.8 Å². The molecule has 23 heavy (non-hydrogen) atoms. The number of H-pyrrole nitrogens is 1. The Hall–Kier alpha value is -2.89. The van der Waals surface area contributed by atoms with Gasteiger partial charge in [-0.1, -0.05) is 6.07 Å². The first kappa shape index (κ1) is 15.0. The fraction of sp³-hybridized carbons (Fsp3) is 0.235. The standard InChI is InChI=1S/C17H17N3O3/c1-10-4-6-14(8-11(10)2)23-12(3)17-18-15-7-5-13(20(21)22)9-16(15)19-17/h4-9,12H,1-3H3,(H,18,19). The number of nitro groups is 1. The third-order valence-corrected chi connectivity index (χ3v) is 3.87. The lowest BCUT2D eigenvalue weighted by Crippen LogP contribution is -2.05. The molecule has 1 heterocycles. The van der Waals surface area contributed by atoms with Crippen LogP contribution in [0.25, 0.3) is 11.0 Å². The first-order valence-electron chi connectivity index (χ1n) is 7.32. The number of imidazole rings is 1. The molecule has 0 aliphatic rings. The van der Waals surface area contributed by atoms with Crippen LogP contribution in [0.15, 0.2) is 36.4 Å². The molecular weight excluding hydrogens is 294 g/mol. The van der Waals surface area contributed by atoms with Crippen LogP contribution in [0.3, 0.4) is 0 Å². The van der Waals surface area contributed by atoms with Gasteiger partial charge in [-0.05, 0) is 50.1 Å². The summed E-state index contributed by atoms with van der Waals surface area (Å²) in [5.74, 6) is 1.41. The molecular formula is C17H17N3O3. The molecule has 0 fully saturated rings. The van der Waals surface area contributed by atoms with Gasteiger partial charge < -0.3 is 9.72 Å². The predicted molar refractivity (Wildman–Crippen MR) is 87.7 cm³/mol. The Morgan fingerprint density at radius 1 is 1.17 bits per heavy atom. The molecule has 6 heteroatoms. The number of nitrogens with one attached hydrogen (secondary N) is 1. The van der Waals surface area contributed by atoms with Gasteiger partial charge in [-0.2, -0.15) is 0 Å². The van der Waals surface area contributed by atoms with Gasteiger partial charge in [0.1, 0.15) is 11.6 Å². The zero-order chi connectivity index (χ0) is 16.6. The van der Waals surface area contributed by atoms with E-state index in [0.717, 1.165) is 11.3 Å². The van der Waals surface area contributed by atoms with Crippen molar-refractivity contribution >= 4 is 16.7 Å². The fourth-order valence-electron chi connectivity index (χ4n) is 2.37. The van der Waals surface area contributed by atoms with Gasteiger partial charge in [0.2, 0.25) is 0 Å². The number of benzene rings is 2. The summed E-state index contributed by atoms with van der Waals surface area (Å²) in [6.07, 6.45) is -0.288. The zero-order valence-electron chi connectivity index (χ0n) is 13.2. The SMILES string of the molecule is Cc1ccc(OC(C)c2nc3ccc([N+](=O)[O-])cc3[nH]2)cc1C. The van der Waals surface area contributed by atoms with Crippen molar-refractivity contribution in [2.24, 2.45) is 0 Å². The summed E-state index contributed by atoms with van der Waals surface area (Å²) >= 11 is 0. The van der Waals surface area contributed by atoms with Crippen LogP contribution in [-0.2, 0) is 0 Å². The Bertz CT molecular complexity index is 886. The quantitative estimate of drug-likeness (QED) is 0.577. The number of fused-ring (bicyclic) bond motifs is 1. The Balaban J connectivity index is 1.86. The summed E-state index contributed by atoms with van der Waals surface area (Å²) in [6.45, 7) is 5.98. The summed E-state index contributed by atoms with van der Waals surface area (Å²) in [4.78, 5) is 18.0.